The zero-order chi connectivity index (χ0) is 13.9. The highest BCUT2D eigenvalue weighted by molar-refractivity contribution is 5.75. The van der Waals surface area contributed by atoms with E-state index in [2.05, 4.69) is 22.5 Å². The van der Waals surface area contributed by atoms with E-state index >= 15 is 0 Å². The number of fused-ring (bicyclic) bond motifs is 1. The summed E-state index contributed by atoms with van der Waals surface area (Å²) in [6.07, 6.45) is 0.343. The monoisotopic (exact) mass is 266 g/mol. The van der Waals surface area contributed by atoms with Crippen molar-refractivity contribution in [1.29, 1.82) is 0 Å². The summed E-state index contributed by atoms with van der Waals surface area (Å²) in [4.78, 5) is 4.63. The largest absolute Gasteiger partial charge is 0.387 e. The van der Waals surface area contributed by atoms with E-state index in [1.165, 1.54) is 0 Å². The van der Waals surface area contributed by atoms with Crippen LogP contribution in [0.1, 0.15) is 24.4 Å². The molecule has 2 aromatic carbocycles. The molecule has 1 heterocycles. The van der Waals surface area contributed by atoms with Gasteiger partial charge in [-0.1, -0.05) is 49.4 Å². The maximum atomic E-state index is 10.4. The summed E-state index contributed by atoms with van der Waals surface area (Å²) in [5.41, 5.74) is 3.01. The number of aliphatic hydroxyl groups excluding tert-OH is 1. The number of hydrogen-bond acceptors (Lipinski definition) is 2. The van der Waals surface area contributed by atoms with Crippen LogP contribution in [0.5, 0.6) is 0 Å². The molecule has 0 saturated heterocycles. The third-order valence-corrected chi connectivity index (χ3v) is 3.59. The molecule has 0 saturated carbocycles. The molecule has 0 bridgehead atoms. The molecular weight excluding hydrogens is 248 g/mol. The Morgan fingerprint density at radius 2 is 1.75 bits per heavy atom. The lowest BCUT2D eigenvalue weighted by molar-refractivity contribution is 0.157. The second-order valence-electron chi connectivity index (χ2n) is 4.91. The zero-order valence-corrected chi connectivity index (χ0v) is 11.5. The average Bonchev–Trinajstić information content (AvgIpc) is 2.86. The molecular formula is C17H18N2O. The van der Waals surface area contributed by atoms with Gasteiger partial charge in [-0.3, -0.25) is 0 Å². The molecule has 3 aromatic rings. The van der Waals surface area contributed by atoms with Crippen molar-refractivity contribution in [2.75, 3.05) is 0 Å². The van der Waals surface area contributed by atoms with Gasteiger partial charge in [-0.2, -0.15) is 0 Å². The first-order chi connectivity index (χ1) is 9.79. The fourth-order valence-electron chi connectivity index (χ4n) is 2.55. The Morgan fingerprint density at radius 1 is 1.05 bits per heavy atom. The minimum absolute atomic E-state index is 0.515. The van der Waals surface area contributed by atoms with Crippen LogP contribution in [0.25, 0.3) is 11.0 Å². The minimum Gasteiger partial charge on any atom is -0.387 e. The molecule has 0 radical (unpaired) electrons. The summed E-state index contributed by atoms with van der Waals surface area (Å²) in [6.45, 7) is 2.63. The van der Waals surface area contributed by atoms with Crippen LogP contribution < -0.4 is 0 Å². The summed E-state index contributed by atoms with van der Waals surface area (Å²) < 4.78 is 2.12. The van der Waals surface area contributed by atoms with E-state index in [0.29, 0.717) is 6.54 Å². The molecule has 102 valence electrons. The predicted molar refractivity (Wildman–Crippen MR) is 80.5 cm³/mol. The fourth-order valence-corrected chi connectivity index (χ4v) is 2.55. The quantitative estimate of drug-likeness (QED) is 0.786. The molecule has 3 rings (SSSR count). The number of benzene rings is 2. The third kappa shape index (κ3) is 2.32. The summed E-state index contributed by atoms with van der Waals surface area (Å²) in [7, 11) is 0. The van der Waals surface area contributed by atoms with Gasteiger partial charge in [-0.15, -0.1) is 0 Å². The molecule has 20 heavy (non-hydrogen) atoms. The van der Waals surface area contributed by atoms with Crippen molar-refractivity contribution in [1.82, 2.24) is 9.55 Å². The number of hydrogen-bond donors (Lipinski definition) is 1. The molecule has 0 aliphatic heterocycles. The van der Waals surface area contributed by atoms with Gasteiger partial charge in [0.15, 0.2) is 0 Å². The van der Waals surface area contributed by atoms with E-state index in [-0.39, 0.29) is 0 Å². The van der Waals surface area contributed by atoms with Gasteiger partial charge >= 0.3 is 0 Å². The van der Waals surface area contributed by atoms with Gasteiger partial charge in [-0.25, -0.2) is 4.98 Å². The van der Waals surface area contributed by atoms with E-state index in [1.54, 1.807) is 0 Å². The van der Waals surface area contributed by atoms with Gasteiger partial charge < -0.3 is 9.67 Å². The molecule has 0 fully saturated rings. The van der Waals surface area contributed by atoms with Crippen molar-refractivity contribution < 1.29 is 5.11 Å². The summed E-state index contributed by atoms with van der Waals surface area (Å²) in [6, 6.07) is 17.8. The van der Waals surface area contributed by atoms with Crippen LogP contribution in [0.15, 0.2) is 54.6 Å². The normalized spacial score (nSPS) is 12.7. The Morgan fingerprint density at radius 3 is 2.50 bits per heavy atom. The molecule has 0 amide bonds. The Balaban J connectivity index is 1.98. The lowest BCUT2D eigenvalue weighted by Crippen LogP contribution is -2.11. The topological polar surface area (TPSA) is 38.0 Å². The Bertz CT molecular complexity index is 703. The van der Waals surface area contributed by atoms with Gasteiger partial charge in [0, 0.05) is 6.42 Å². The van der Waals surface area contributed by atoms with E-state index in [4.69, 9.17) is 0 Å². The molecule has 0 aliphatic rings. The number of aliphatic hydroxyl groups is 1. The van der Waals surface area contributed by atoms with Crippen LogP contribution >= 0.6 is 0 Å². The van der Waals surface area contributed by atoms with Gasteiger partial charge in [0.25, 0.3) is 0 Å². The number of para-hydroxylation sites is 2. The maximum absolute atomic E-state index is 10.4. The van der Waals surface area contributed by atoms with Crippen molar-refractivity contribution in [3.63, 3.8) is 0 Å². The average molecular weight is 266 g/mol. The highest BCUT2D eigenvalue weighted by Gasteiger charge is 2.14. The van der Waals surface area contributed by atoms with E-state index in [0.717, 1.165) is 28.8 Å². The third-order valence-electron chi connectivity index (χ3n) is 3.59. The fraction of sp³-hybridized carbons (Fsp3) is 0.235. The number of nitrogens with zero attached hydrogens (tertiary/aromatic N) is 2. The Kier molecular flexibility index (Phi) is 3.52. The Hall–Kier alpha value is -2.13. The second-order valence-corrected chi connectivity index (χ2v) is 4.91. The van der Waals surface area contributed by atoms with Gasteiger partial charge in [0.2, 0.25) is 0 Å². The number of aromatic nitrogens is 2. The van der Waals surface area contributed by atoms with Crippen LogP contribution in [-0.2, 0) is 13.0 Å². The number of rotatable bonds is 4. The van der Waals surface area contributed by atoms with Crippen molar-refractivity contribution in [3.05, 3.63) is 66.0 Å². The lowest BCUT2D eigenvalue weighted by atomic mass is 10.1. The smallest absolute Gasteiger partial charge is 0.109 e. The van der Waals surface area contributed by atoms with Crippen LogP contribution in [0.4, 0.5) is 0 Å². The van der Waals surface area contributed by atoms with Crippen LogP contribution in [0.3, 0.4) is 0 Å². The van der Waals surface area contributed by atoms with Crippen molar-refractivity contribution in [2.24, 2.45) is 0 Å². The summed E-state index contributed by atoms with van der Waals surface area (Å²) in [5, 5.41) is 10.4. The van der Waals surface area contributed by atoms with Crippen LogP contribution in [0.2, 0.25) is 0 Å². The van der Waals surface area contributed by atoms with Crippen LogP contribution in [0, 0.1) is 0 Å². The van der Waals surface area contributed by atoms with Gasteiger partial charge in [0.05, 0.1) is 23.7 Å². The molecule has 3 heteroatoms. The molecule has 0 spiro atoms. The zero-order valence-electron chi connectivity index (χ0n) is 11.5. The van der Waals surface area contributed by atoms with Crippen molar-refractivity contribution in [2.45, 2.75) is 26.0 Å². The molecule has 3 nitrogen and oxygen atoms in total. The highest BCUT2D eigenvalue weighted by Crippen LogP contribution is 2.21. The standard InChI is InChI=1S/C17H18N2O/c1-2-17-18-14-10-6-7-11-15(14)19(17)12-16(20)13-8-4-3-5-9-13/h3-11,16,20H,2,12H2,1H3. The summed E-state index contributed by atoms with van der Waals surface area (Å²) in [5.74, 6) is 1.01. The molecule has 1 unspecified atom stereocenters. The summed E-state index contributed by atoms with van der Waals surface area (Å²) >= 11 is 0. The first-order valence-electron chi connectivity index (χ1n) is 6.96. The Labute approximate surface area is 118 Å². The first kappa shape index (κ1) is 12.9. The van der Waals surface area contributed by atoms with Crippen molar-refractivity contribution >= 4 is 11.0 Å². The van der Waals surface area contributed by atoms with Gasteiger partial charge in [0.1, 0.15) is 5.82 Å². The maximum Gasteiger partial charge on any atom is 0.109 e. The van der Waals surface area contributed by atoms with Crippen LogP contribution in [-0.4, -0.2) is 14.7 Å². The van der Waals surface area contributed by atoms with E-state index < -0.39 is 6.10 Å². The molecule has 1 atom stereocenters. The molecule has 1 N–H and O–H groups in total. The highest BCUT2D eigenvalue weighted by atomic mass is 16.3. The van der Waals surface area contributed by atoms with E-state index in [1.807, 2.05) is 48.5 Å². The minimum atomic E-state index is -0.515. The lowest BCUT2D eigenvalue weighted by Gasteiger charge is -2.14. The van der Waals surface area contributed by atoms with Gasteiger partial charge in [-0.05, 0) is 17.7 Å². The first-order valence-corrected chi connectivity index (χ1v) is 6.96. The number of aryl methyl sites for hydroxylation is 1. The molecule has 0 aliphatic carbocycles. The predicted octanol–water partition coefficient (Wildman–Crippen LogP) is 3.33. The SMILES string of the molecule is CCc1nc2ccccc2n1CC(O)c1ccccc1. The van der Waals surface area contributed by atoms with E-state index in [9.17, 15) is 5.11 Å². The second kappa shape index (κ2) is 5.47. The number of imidazole rings is 1. The van der Waals surface area contributed by atoms with Crippen molar-refractivity contribution in [3.8, 4) is 0 Å². The molecule has 1 aromatic heterocycles.